The Labute approximate surface area is 162 Å². The largest absolute Gasteiger partial charge is 0.298 e. The van der Waals surface area contributed by atoms with Crippen LogP contribution in [0.2, 0.25) is 0 Å². The number of aryl methyl sites for hydroxylation is 1. The van der Waals surface area contributed by atoms with Crippen LogP contribution in [0.15, 0.2) is 55.0 Å². The second-order valence-electron chi connectivity index (χ2n) is 7.17. The lowest BCUT2D eigenvalue weighted by molar-refractivity contribution is 0.328. The molecule has 0 saturated carbocycles. The SMILES string of the molecule is Cc1ccc(CN2CC[C@@H](c3nc4ccc(-c5cccnc5)cn4n3)C2)s1. The van der Waals surface area contributed by atoms with Crippen molar-refractivity contribution in [2.24, 2.45) is 0 Å². The van der Waals surface area contributed by atoms with Gasteiger partial charge in [-0.1, -0.05) is 6.07 Å². The summed E-state index contributed by atoms with van der Waals surface area (Å²) in [5, 5.41) is 4.79. The number of likely N-dealkylation sites (tertiary alicyclic amines) is 1. The van der Waals surface area contributed by atoms with E-state index in [-0.39, 0.29) is 0 Å². The second-order valence-corrected chi connectivity index (χ2v) is 8.54. The summed E-state index contributed by atoms with van der Waals surface area (Å²) in [5.74, 6) is 1.37. The molecule has 0 unspecified atom stereocenters. The number of thiophene rings is 1. The zero-order chi connectivity index (χ0) is 18.2. The summed E-state index contributed by atoms with van der Waals surface area (Å²) >= 11 is 1.89. The Morgan fingerprint density at radius 3 is 2.93 bits per heavy atom. The van der Waals surface area contributed by atoms with E-state index in [4.69, 9.17) is 10.1 Å². The molecule has 0 N–H and O–H groups in total. The smallest absolute Gasteiger partial charge is 0.156 e. The fourth-order valence-corrected chi connectivity index (χ4v) is 4.69. The lowest BCUT2D eigenvalue weighted by atomic mass is 10.1. The van der Waals surface area contributed by atoms with Gasteiger partial charge in [-0.3, -0.25) is 9.88 Å². The van der Waals surface area contributed by atoms with Crippen LogP contribution in [0.3, 0.4) is 0 Å². The molecule has 6 heteroatoms. The van der Waals surface area contributed by atoms with Gasteiger partial charge in [0.15, 0.2) is 11.5 Å². The van der Waals surface area contributed by atoms with Crippen LogP contribution in [0.25, 0.3) is 16.8 Å². The molecule has 4 aromatic rings. The van der Waals surface area contributed by atoms with Crippen LogP contribution in [-0.4, -0.2) is 37.6 Å². The van der Waals surface area contributed by atoms with E-state index in [1.165, 1.54) is 9.75 Å². The molecule has 0 bridgehead atoms. The van der Waals surface area contributed by atoms with E-state index in [2.05, 4.69) is 41.1 Å². The summed E-state index contributed by atoms with van der Waals surface area (Å²) in [5.41, 5.74) is 3.10. The average molecular weight is 376 g/mol. The van der Waals surface area contributed by atoms with Gasteiger partial charge >= 0.3 is 0 Å². The Hall–Kier alpha value is -2.57. The summed E-state index contributed by atoms with van der Waals surface area (Å²) in [6, 6.07) is 12.6. The zero-order valence-electron chi connectivity index (χ0n) is 15.2. The summed E-state index contributed by atoms with van der Waals surface area (Å²) in [4.78, 5) is 14.3. The topological polar surface area (TPSA) is 46.3 Å². The molecular weight excluding hydrogens is 354 g/mol. The highest BCUT2D eigenvalue weighted by molar-refractivity contribution is 7.11. The first kappa shape index (κ1) is 16.6. The molecule has 4 aromatic heterocycles. The molecule has 0 radical (unpaired) electrons. The molecule has 0 amide bonds. The zero-order valence-corrected chi connectivity index (χ0v) is 16.1. The molecule has 5 nitrogen and oxygen atoms in total. The first-order valence-electron chi connectivity index (χ1n) is 9.29. The Bertz CT molecular complexity index is 1070. The molecule has 1 aliphatic heterocycles. The maximum Gasteiger partial charge on any atom is 0.156 e. The summed E-state index contributed by atoms with van der Waals surface area (Å²) in [6.45, 7) is 5.34. The van der Waals surface area contributed by atoms with Crippen molar-refractivity contribution in [1.29, 1.82) is 0 Å². The summed E-state index contributed by atoms with van der Waals surface area (Å²) in [7, 11) is 0. The van der Waals surface area contributed by atoms with Crippen molar-refractivity contribution in [3.8, 4) is 11.1 Å². The lowest BCUT2D eigenvalue weighted by Crippen LogP contribution is -2.19. The van der Waals surface area contributed by atoms with Gasteiger partial charge in [0.1, 0.15) is 0 Å². The van der Waals surface area contributed by atoms with E-state index in [0.717, 1.165) is 48.7 Å². The molecule has 5 rings (SSSR count). The van der Waals surface area contributed by atoms with Gasteiger partial charge in [-0.15, -0.1) is 11.3 Å². The van der Waals surface area contributed by atoms with Crippen LogP contribution >= 0.6 is 11.3 Å². The highest BCUT2D eigenvalue weighted by Crippen LogP contribution is 2.28. The lowest BCUT2D eigenvalue weighted by Gasteiger charge is -2.13. The van der Waals surface area contributed by atoms with Gasteiger partial charge in [0.05, 0.1) is 0 Å². The van der Waals surface area contributed by atoms with Crippen molar-refractivity contribution >= 4 is 17.0 Å². The van der Waals surface area contributed by atoms with Crippen LogP contribution in [0.5, 0.6) is 0 Å². The van der Waals surface area contributed by atoms with E-state index < -0.39 is 0 Å². The van der Waals surface area contributed by atoms with Crippen molar-refractivity contribution in [1.82, 2.24) is 24.5 Å². The first-order chi connectivity index (χ1) is 13.2. The number of aromatic nitrogens is 4. The Balaban J connectivity index is 1.34. The minimum atomic E-state index is 0.410. The molecule has 1 saturated heterocycles. The molecule has 0 spiro atoms. The number of hydrogen-bond acceptors (Lipinski definition) is 5. The minimum Gasteiger partial charge on any atom is -0.298 e. The van der Waals surface area contributed by atoms with E-state index in [1.807, 2.05) is 40.4 Å². The van der Waals surface area contributed by atoms with Crippen molar-refractivity contribution in [3.05, 3.63) is 70.6 Å². The quantitative estimate of drug-likeness (QED) is 0.538. The van der Waals surface area contributed by atoms with Crippen molar-refractivity contribution in [2.45, 2.75) is 25.8 Å². The highest BCUT2D eigenvalue weighted by atomic mass is 32.1. The molecule has 0 aromatic carbocycles. The second kappa shape index (κ2) is 6.87. The monoisotopic (exact) mass is 375 g/mol. The molecule has 1 fully saturated rings. The van der Waals surface area contributed by atoms with E-state index in [9.17, 15) is 0 Å². The van der Waals surface area contributed by atoms with Crippen molar-refractivity contribution in [3.63, 3.8) is 0 Å². The van der Waals surface area contributed by atoms with Crippen molar-refractivity contribution < 1.29 is 0 Å². The van der Waals surface area contributed by atoms with Crippen molar-refractivity contribution in [2.75, 3.05) is 13.1 Å². The number of nitrogens with zero attached hydrogens (tertiary/aromatic N) is 5. The first-order valence-corrected chi connectivity index (χ1v) is 10.1. The van der Waals surface area contributed by atoms with Gasteiger partial charge < -0.3 is 0 Å². The van der Waals surface area contributed by atoms with Gasteiger partial charge in [-0.2, -0.15) is 5.10 Å². The fourth-order valence-electron chi connectivity index (χ4n) is 3.76. The van der Waals surface area contributed by atoms with Crippen LogP contribution in [0.4, 0.5) is 0 Å². The summed E-state index contributed by atoms with van der Waals surface area (Å²) < 4.78 is 1.91. The predicted octanol–water partition coefficient (Wildman–Crippen LogP) is 4.15. The van der Waals surface area contributed by atoms with E-state index in [0.29, 0.717) is 5.92 Å². The predicted molar refractivity (Wildman–Crippen MR) is 108 cm³/mol. The molecule has 0 aliphatic carbocycles. The van der Waals surface area contributed by atoms with Gasteiger partial charge in [-0.05, 0) is 50.2 Å². The third kappa shape index (κ3) is 3.38. The van der Waals surface area contributed by atoms with Crippen LogP contribution in [0.1, 0.15) is 27.9 Å². The number of rotatable bonds is 4. The van der Waals surface area contributed by atoms with Gasteiger partial charge in [0.25, 0.3) is 0 Å². The number of hydrogen-bond donors (Lipinski definition) is 0. The third-order valence-corrected chi connectivity index (χ3v) is 6.14. The van der Waals surface area contributed by atoms with E-state index >= 15 is 0 Å². The van der Waals surface area contributed by atoms with Gasteiger partial charge in [0, 0.05) is 58.5 Å². The average Bonchev–Trinajstić information content (AvgIpc) is 3.41. The minimum absolute atomic E-state index is 0.410. The number of pyridine rings is 2. The summed E-state index contributed by atoms with van der Waals surface area (Å²) in [6.07, 6.45) is 6.83. The molecule has 27 heavy (non-hydrogen) atoms. The van der Waals surface area contributed by atoms with Crippen LogP contribution < -0.4 is 0 Å². The van der Waals surface area contributed by atoms with Crippen LogP contribution in [-0.2, 0) is 6.54 Å². The maximum absolute atomic E-state index is 4.79. The van der Waals surface area contributed by atoms with Gasteiger partial charge in [0.2, 0.25) is 0 Å². The molecule has 1 atom stereocenters. The fraction of sp³-hybridized carbons (Fsp3) is 0.286. The number of fused-ring (bicyclic) bond motifs is 1. The Kier molecular flexibility index (Phi) is 4.22. The molecule has 5 heterocycles. The molecule has 1 aliphatic rings. The Morgan fingerprint density at radius 1 is 1.15 bits per heavy atom. The normalized spacial score (nSPS) is 17.7. The molecular formula is C21H21N5S. The van der Waals surface area contributed by atoms with E-state index in [1.54, 1.807) is 6.20 Å². The highest BCUT2D eigenvalue weighted by Gasteiger charge is 2.27. The van der Waals surface area contributed by atoms with Gasteiger partial charge in [-0.25, -0.2) is 9.50 Å². The third-order valence-electron chi connectivity index (χ3n) is 5.16. The standard InChI is InChI=1S/C21H21N5S/c1-15-4-6-19(27-15)14-25-10-8-18(12-25)21-23-20-7-5-17(13-26(20)24-21)16-3-2-9-22-11-16/h2-7,9,11,13,18H,8,10,12,14H2,1H3/t18-/m1/s1. The maximum atomic E-state index is 4.79. The van der Waals surface area contributed by atoms with Crippen LogP contribution in [0, 0.1) is 6.92 Å². The molecule has 136 valence electrons. The Morgan fingerprint density at radius 2 is 2.11 bits per heavy atom.